The molecule has 0 atom stereocenters. The summed E-state index contributed by atoms with van der Waals surface area (Å²) in [5.74, 6) is 0.449. The van der Waals surface area contributed by atoms with Gasteiger partial charge < -0.3 is 16.0 Å². The zero-order valence-corrected chi connectivity index (χ0v) is 13.7. The quantitative estimate of drug-likeness (QED) is 0.348. The molecule has 1 aromatic carbocycles. The molecule has 0 unspecified atom stereocenters. The van der Waals surface area contributed by atoms with Gasteiger partial charge in [-0.15, -0.1) is 0 Å². The summed E-state index contributed by atoms with van der Waals surface area (Å²) < 4.78 is 0. The van der Waals surface area contributed by atoms with E-state index in [1.165, 1.54) is 6.07 Å². The molecule has 0 amide bonds. The Kier molecular flexibility index (Phi) is 5.06. The number of anilines is 3. The second kappa shape index (κ2) is 7.59. The van der Waals surface area contributed by atoms with Gasteiger partial charge in [0.05, 0.1) is 9.85 Å². The van der Waals surface area contributed by atoms with E-state index in [1.807, 2.05) is 0 Å². The Morgan fingerprint density at radius 2 is 1.73 bits per heavy atom. The summed E-state index contributed by atoms with van der Waals surface area (Å²) in [5, 5.41) is 30.9. The van der Waals surface area contributed by atoms with Gasteiger partial charge in [0.15, 0.2) is 0 Å². The van der Waals surface area contributed by atoms with Gasteiger partial charge in [-0.3, -0.25) is 20.2 Å². The lowest BCUT2D eigenvalue weighted by Crippen LogP contribution is -2.16. The van der Waals surface area contributed by atoms with Crippen molar-refractivity contribution in [2.45, 2.75) is 18.9 Å². The van der Waals surface area contributed by atoms with Crippen molar-refractivity contribution in [1.29, 1.82) is 0 Å². The summed E-state index contributed by atoms with van der Waals surface area (Å²) >= 11 is 0. The van der Waals surface area contributed by atoms with Gasteiger partial charge in [0.1, 0.15) is 11.9 Å². The largest absolute Gasteiger partial charge is 0.378 e. The summed E-state index contributed by atoms with van der Waals surface area (Å²) in [6, 6.07) is 6.57. The molecule has 3 rings (SSSR count). The van der Waals surface area contributed by atoms with Crippen molar-refractivity contribution in [2.75, 3.05) is 29.0 Å². The third-order valence-corrected chi connectivity index (χ3v) is 3.71. The summed E-state index contributed by atoms with van der Waals surface area (Å²) in [5.41, 5.74) is 0.246. The van der Waals surface area contributed by atoms with Crippen molar-refractivity contribution in [3.63, 3.8) is 0 Å². The van der Waals surface area contributed by atoms with Crippen LogP contribution in [-0.4, -0.2) is 38.9 Å². The van der Waals surface area contributed by atoms with Crippen LogP contribution in [0, 0.1) is 20.2 Å². The van der Waals surface area contributed by atoms with Gasteiger partial charge in [-0.2, -0.15) is 4.98 Å². The fraction of sp³-hybridized carbons (Fsp3) is 0.333. The molecule has 1 aliphatic rings. The molecule has 11 heteroatoms. The molecule has 1 saturated carbocycles. The standard InChI is InChI=1S/C15H17N7O4/c23-21(24)12-4-2-1-3-11(12)16-7-8-17-15-18-9-13(22(25)26)14(20-15)19-10-5-6-10/h1-4,9-10,16H,5-8H2,(H2,17,18,19,20). The molecule has 26 heavy (non-hydrogen) atoms. The lowest BCUT2D eigenvalue weighted by Gasteiger charge is -2.10. The number of para-hydroxylation sites is 2. The third kappa shape index (κ3) is 4.32. The van der Waals surface area contributed by atoms with Crippen molar-refractivity contribution >= 4 is 28.8 Å². The molecule has 1 aliphatic carbocycles. The van der Waals surface area contributed by atoms with Crippen molar-refractivity contribution in [1.82, 2.24) is 9.97 Å². The Balaban J connectivity index is 1.58. The maximum atomic E-state index is 11.0. The van der Waals surface area contributed by atoms with Gasteiger partial charge in [-0.25, -0.2) is 4.98 Å². The number of aromatic nitrogens is 2. The van der Waals surface area contributed by atoms with E-state index in [4.69, 9.17) is 0 Å². The van der Waals surface area contributed by atoms with Crippen LogP contribution in [-0.2, 0) is 0 Å². The summed E-state index contributed by atoms with van der Waals surface area (Å²) in [6.45, 7) is 0.767. The smallest absolute Gasteiger partial charge is 0.329 e. The number of nitrogens with one attached hydrogen (secondary N) is 3. The van der Waals surface area contributed by atoms with Gasteiger partial charge in [-0.1, -0.05) is 12.1 Å². The van der Waals surface area contributed by atoms with E-state index in [-0.39, 0.29) is 29.2 Å². The predicted molar refractivity (Wildman–Crippen MR) is 95.4 cm³/mol. The molecule has 11 nitrogen and oxygen atoms in total. The fourth-order valence-corrected chi connectivity index (χ4v) is 2.28. The first kappa shape index (κ1) is 17.3. The summed E-state index contributed by atoms with van der Waals surface area (Å²) in [7, 11) is 0. The Bertz CT molecular complexity index is 825. The normalized spacial score (nSPS) is 13.1. The Morgan fingerprint density at radius 1 is 1.04 bits per heavy atom. The monoisotopic (exact) mass is 359 g/mol. The van der Waals surface area contributed by atoms with Crippen LogP contribution in [0.3, 0.4) is 0 Å². The Morgan fingerprint density at radius 3 is 2.42 bits per heavy atom. The van der Waals surface area contributed by atoms with Crippen LogP contribution in [0.1, 0.15) is 12.8 Å². The van der Waals surface area contributed by atoms with Crippen LogP contribution >= 0.6 is 0 Å². The minimum Gasteiger partial charge on any atom is -0.378 e. The van der Waals surface area contributed by atoms with Crippen LogP contribution < -0.4 is 16.0 Å². The van der Waals surface area contributed by atoms with E-state index in [9.17, 15) is 20.2 Å². The third-order valence-electron chi connectivity index (χ3n) is 3.71. The van der Waals surface area contributed by atoms with E-state index in [0.29, 0.717) is 18.8 Å². The van der Waals surface area contributed by atoms with Crippen LogP contribution in [0.25, 0.3) is 0 Å². The first-order valence-electron chi connectivity index (χ1n) is 8.03. The van der Waals surface area contributed by atoms with Crippen molar-refractivity contribution in [3.8, 4) is 0 Å². The molecule has 0 saturated heterocycles. The maximum Gasteiger partial charge on any atom is 0.329 e. The van der Waals surface area contributed by atoms with Gasteiger partial charge in [0, 0.05) is 25.2 Å². The summed E-state index contributed by atoms with van der Waals surface area (Å²) in [6.07, 6.45) is 3.09. The average molecular weight is 359 g/mol. The van der Waals surface area contributed by atoms with Crippen LogP contribution in [0.15, 0.2) is 30.5 Å². The highest BCUT2D eigenvalue weighted by Crippen LogP contribution is 2.29. The lowest BCUT2D eigenvalue weighted by molar-refractivity contribution is -0.384. The Labute approximate surface area is 148 Å². The van der Waals surface area contributed by atoms with E-state index in [1.54, 1.807) is 18.2 Å². The molecule has 3 N–H and O–H groups in total. The maximum absolute atomic E-state index is 11.0. The van der Waals surface area contributed by atoms with Gasteiger partial charge in [0.25, 0.3) is 5.69 Å². The predicted octanol–water partition coefficient (Wildman–Crippen LogP) is 2.39. The molecular weight excluding hydrogens is 342 g/mol. The lowest BCUT2D eigenvalue weighted by atomic mass is 10.2. The van der Waals surface area contributed by atoms with E-state index < -0.39 is 9.85 Å². The van der Waals surface area contributed by atoms with Gasteiger partial charge in [0.2, 0.25) is 11.8 Å². The number of nitro benzene ring substituents is 1. The second-order valence-electron chi connectivity index (χ2n) is 5.73. The molecule has 0 aliphatic heterocycles. The van der Waals surface area contributed by atoms with E-state index >= 15 is 0 Å². The molecule has 1 fully saturated rings. The second-order valence-corrected chi connectivity index (χ2v) is 5.73. The average Bonchev–Trinajstić information content (AvgIpc) is 3.43. The van der Waals surface area contributed by atoms with E-state index in [2.05, 4.69) is 25.9 Å². The molecule has 1 aromatic heterocycles. The van der Waals surface area contributed by atoms with Crippen LogP contribution in [0.4, 0.5) is 28.8 Å². The fourth-order valence-electron chi connectivity index (χ4n) is 2.28. The van der Waals surface area contributed by atoms with Crippen molar-refractivity contribution in [2.24, 2.45) is 0 Å². The number of hydrogen-bond acceptors (Lipinski definition) is 9. The molecule has 0 spiro atoms. The molecule has 1 heterocycles. The molecule has 2 aromatic rings. The number of benzene rings is 1. The first-order chi connectivity index (χ1) is 12.5. The number of nitrogens with zero attached hydrogens (tertiary/aromatic N) is 4. The zero-order chi connectivity index (χ0) is 18.5. The highest BCUT2D eigenvalue weighted by Gasteiger charge is 2.26. The number of hydrogen-bond donors (Lipinski definition) is 3. The number of nitro groups is 2. The molecule has 0 bridgehead atoms. The Hall–Kier alpha value is -3.50. The van der Waals surface area contributed by atoms with Gasteiger partial charge >= 0.3 is 5.69 Å². The topological polar surface area (TPSA) is 148 Å². The highest BCUT2D eigenvalue weighted by molar-refractivity contribution is 5.61. The van der Waals surface area contributed by atoms with Crippen molar-refractivity contribution in [3.05, 3.63) is 50.7 Å². The minimum absolute atomic E-state index is 0.00462. The first-order valence-corrected chi connectivity index (χ1v) is 8.03. The molecule has 136 valence electrons. The number of rotatable bonds is 9. The van der Waals surface area contributed by atoms with Crippen LogP contribution in [0.2, 0.25) is 0 Å². The SMILES string of the molecule is O=[N+]([O-])c1ccccc1NCCNc1ncc([N+](=O)[O-])c(NC2CC2)n1. The molecule has 0 radical (unpaired) electrons. The van der Waals surface area contributed by atoms with E-state index in [0.717, 1.165) is 19.0 Å². The minimum atomic E-state index is -0.523. The summed E-state index contributed by atoms with van der Waals surface area (Å²) in [4.78, 5) is 29.1. The zero-order valence-electron chi connectivity index (χ0n) is 13.7. The van der Waals surface area contributed by atoms with Gasteiger partial charge in [-0.05, 0) is 18.9 Å². The van der Waals surface area contributed by atoms with Crippen molar-refractivity contribution < 1.29 is 9.85 Å². The highest BCUT2D eigenvalue weighted by atomic mass is 16.6. The molecular formula is C15H17N7O4. The van der Waals surface area contributed by atoms with Crippen LogP contribution in [0.5, 0.6) is 0 Å².